The van der Waals surface area contributed by atoms with Crippen molar-refractivity contribution in [1.82, 2.24) is 15.0 Å². The highest BCUT2D eigenvalue weighted by Gasteiger charge is 2.17. The van der Waals surface area contributed by atoms with Crippen LogP contribution >= 0.6 is 11.3 Å². The maximum Gasteiger partial charge on any atom is 0.164 e. The van der Waals surface area contributed by atoms with E-state index in [0.29, 0.717) is 28.1 Å². The third kappa shape index (κ3) is 4.58. The molecule has 0 unspecified atom stereocenters. The van der Waals surface area contributed by atoms with E-state index in [9.17, 15) is 5.48 Å². The molecule has 0 saturated heterocycles. The van der Waals surface area contributed by atoms with Crippen LogP contribution in [0.1, 0.15) is 8.22 Å². The van der Waals surface area contributed by atoms with E-state index in [0.717, 1.165) is 36.5 Å². The van der Waals surface area contributed by atoms with Crippen LogP contribution in [0.5, 0.6) is 0 Å². The third-order valence-electron chi connectivity index (χ3n) is 9.21. The van der Waals surface area contributed by atoms with E-state index in [1.165, 1.54) is 0 Å². The molecule has 0 amide bonds. The summed E-state index contributed by atoms with van der Waals surface area (Å²) in [6, 6.07) is 35.1. The highest BCUT2D eigenvalue weighted by atomic mass is 32.1. The predicted molar refractivity (Wildman–Crippen MR) is 209 cm³/mol. The zero-order chi connectivity index (χ0) is 38.7. The van der Waals surface area contributed by atoms with E-state index in [4.69, 9.17) is 26.5 Å². The maximum atomic E-state index is 9.44. The van der Waals surface area contributed by atoms with Gasteiger partial charge in [0.2, 0.25) is 0 Å². The van der Waals surface area contributed by atoms with Gasteiger partial charge in [-0.15, -0.1) is 11.3 Å². The Morgan fingerprint density at radius 2 is 1.06 bits per heavy atom. The van der Waals surface area contributed by atoms with Gasteiger partial charge in [0.25, 0.3) is 0 Å². The Labute approximate surface area is 303 Å². The van der Waals surface area contributed by atoms with E-state index >= 15 is 0 Å². The molecule has 0 N–H and O–H groups in total. The molecule has 0 saturated carbocycles. The van der Waals surface area contributed by atoms with Gasteiger partial charge >= 0.3 is 0 Å². The fraction of sp³-hybridized carbons (Fsp3) is 0. The molecular formula is C45H25N3O2S. The van der Waals surface area contributed by atoms with Crippen LogP contribution in [0.15, 0.2) is 160 Å². The first-order chi connectivity index (χ1) is 27.7. The number of aromatic nitrogens is 3. The minimum atomic E-state index is -0.340. The number of benzene rings is 7. The lowest BCUT2D eigenvalue weighted by Gasteiger charge is -2.08. The van der Waals surface area contributed by atoms with Gasteiger partial charge in [0.1, 0.15) is 22.3 Å². The molecule has 11 aromatic rings. The summed E-state index contributed by atoms with van der Waals surface area (Å²) in [7, 11) is 0. The molecule has 7 aromatic carbocycles. The average Bonchev–Trinajstić information content (AvgIpc) is 3.94. The third-order valence-corrected chi connectivity index (χ3v) is 10.3. The van der Waals surface area contributed by atoms with Crippen molar-refractivity contribution >= 4 is 75.4 Å². The Morgan fingerprint density at radius 3 is 1.96 bits per heavy atom. The van der Waals surface area contributed by atoms with Crippen LogP contribution in [0.3, 0.4) is 0 Å². The largest absolute Gasteiger partial charge is 0.456 e. The number of hydrogen-bond donors (Lipinski definition) is 0. The maximum absolute atomic E-state index is 9.44. The fourth-order valence-electron chi connectivity index (χ4n) is 6.73. The monoisotopic (exact) mass is 677 g/mol. The van der Waals surface area contributed by atoms with Crippen molar-refractivity contribution in [1.29, 1.82) is 0 Å². The number of furan rings is 2. The molecule has 0 aliphatic heterocycles. The van der Waals surface area contributed by atoms with E-state index in [1.54, 1.807) is 11.3 Å². The molecule has 11 rings (SSSR count). The highest BCUT2D eigenvalue weighted by Crippen LogP contribution is 2.39. The molecule has 4 aromatic heterocycles. The standard InChI is InChI=1S/C45H25N3O2S/c1-2-8-26(9-3-1)43-46-44(29-15-18-32-31-10-4-6-12-37(31)49-39(32)23-29)48-45(47-43)30-16-19-33-36-22-27(17-21-38(36)50-40(33)24-30)28-14-20-35-34-11-5-7-13-41(34)51-42(35)25-28/h1-25H/i16D,17D,19D,21D,22D,24D. The van der Waals surface area contributed by atoms with Gasteiger partial charge in [0.15, 0.2) is 17.5 Å². The number of hydrogen-bond acceptors (Lipinski definition) is 6. The Morgan fingerprint density at radius 1 is 0.392 bits per heavy atom. The molecule has 6 heteroatoms. The molecule has 0 bridgehead atoms. The average molecular weight is 678 g/mol. The molecule has 0 radical (unpaired) electrons. The van der Waals surface area contributed by atoms with Crippen molar-refractivity contribution in [3.05, 3.63) is 152 Å². The Hall–Kier alpha value is -6.63. The number of thiophene rings is 1. The Balaban J connectivity index is 1.12. The minimum Gasteiger partial charge on any atom is -0.456 e. The second-order valence-electron chi connectivity index (χ2n) is 12.3. The van der Waals surface area contributed by atoms with Gasteiger partial charge in [-0.25, -0.2) is 15.0 Å². The van der Waals surface area contributed by atoms with Crippen LogP contribution in [0.2, 0.25) is 0 Å². The van der Waals surface area contributed by atoms with E-state index in [1.807, 2.05) is 103 Å². The molecule has 238 valence electrons. The van der Waals surface area contributed by atoms with Crippen molar-refractivity contribution in [2.45, 2.75) is 0 Å². The van der Waals surface area contributed by atoms with Crippen LogP contribution in [-0.4, -0.2) is 15.0 Å². The predicted octanol–water partition coefficient (Wildman–Crippen LogP) is 12.7. The molecule has 0 aliphatic carbocycles. The minimum absolute atomic E-state index is 0.00915. The second kappa shape index (κ2) is 10.9. The molecule has 0 atom stereocenters. The van der Waals surface area contributed by atoms with Gasteiger partial charge in [-0.3, -0.25) is 0 Å². The highest BCUT2D eigenvalue weighted by molar-refractivity contribution is 7.25. The van der Waals surface area contributed by atoms with Crippen LogP contribution < -0.4 is 0 Å². The van der Waals surface area contributed by atoms with Gasteiger partial charge in [0.05, 0.1) is 8.22 Å². The molecular weight excluding hydrogens is 647 g/mol. The van der Waals surface area contributed by atoms with Gasteiger partial charge in [-0.05, 0) is 65.6 Å². The van der Waals surface area contributed by atoms with Crippen molar-refractivity contribution in [3.8, 4) is 45.3 Å². The summed E-state index contributed by atoms with van der Waals surface area (Å²) in [4.78, 5) is 14.4. The van der Waals surface area contributed by atoms with Crippen molar-refractivity contribution in [2.75, 3.05) is 0 Å². The van der Waals surface area contributed by atoms with E-state index in [2.05, 4.69) is 12.1 Å². The first-order valence-corrected chi connectivity index (χ1v) is 17.2. The number of rotatable bonds is 4. The lowest BCUT2D eigenvalue weighted by Crippen LogP contribution is -2.00. The summed E-state index contributed by atoms with van der Waals surface area (Å²) in [6.45, 7) is 0. The molecule has 0 fully saturated rings. The summed E-state index contributed by atoms with van der Waals surface area (Å²) >= 11 is 1.61. The van der Waals surface area contributed by atoms with E-state index < -0.39 is 0 Å². The van der Waals surface area contributed by atoms with Crippen LogP contribution in [-0.2, 0) is 0 Å². The molecule has 0 spiro atoms. The molecule has 0 aliphatic rings. The number of fused-ring (bicyclic) bond motifs is 9. The molecule has 5 nitrogen and oxygen atoms in total. The van der Waals surface area contributed by atoms with E-state index in [-0.39, 0.29) is 81.0 Å². The lowest BCUT2D eigenvalue weighted by atomic mass is 10.0. The van der Waals surface area contributed by atoms with Gasteiger partial charge in [-0.1, -0.05) is 97.0 Å². The molecule has 4 heterocycles. The molecule has 51 heavy (non-hydrogen) atoms. The number of nitrogens with zero attached hydrogens (tertiary/aromatic N) is 3. The Bertz CT molecular complexity index is 3510. The summed E-state index contributed by atoms with van der Waals surface area (Å²) in [6.07, 6.45) is 0. The zero-order valence-corrected chi connectivity index (χ0v) is 27.4. The quantitative estimate of drug-likeness (QED) is 0.185. The number of para-hydroxylation sites is 1. The summed E-state index contributed by atoms with van der Waals surface area (Å²) < 4.78 is 70.0. The zero-order valence-electron chi connectivity index (χ0n) is 32.5. The topological polar surface area (TPSA) is 65.0 Å². The normalized spacial score (nSPS) is 13.6. The van der Waals surface area contributed by atoms with Crippen molar-refractivity contribution < 1.29 is 17.1 Å². The smallest absolute Gasteiger partial charge is 0.164 e. The Kier molecular flexibility index (Phi) is 4.91. The SMILES string of the molecule is [2H]c1c(-c2ccc3c(c2)sc2ccccc23)c([2H])c2c(oc3c([2H])c(-c4nc(-c5ccccc5)nc(-c5ccc6c(c5)oc5ccccc56)n4)c([2H])c([2H])c32)c1[2H]. The van der Waals surface area contributed by atoms with Gasteiger partial charge in [-0.2, -0.15) is 0 Å². The van der Waals surface area contributed by atoms with Crippen LogP contribution in [0, 0.1) is 0 Å². The fourth-order valence-corrected chi connectivity index (χ4v) is 7.87. The summed E-state index contributed by atoms with van der Waals surface area (Å²) in [5.74, 6) is 0.568. The second-order valence-corrected chi connectivity index (χ2v) is 13.4. The van der Waals surface area contributed by atoms with Gasteiger partial charge < -0.3 is 8.83 Å². The van der Waals surface area contributed by atoms with Gasteiger partial charge in [0, 0.05) is 58.4 Å². The first-order valence-electron chi connectivity index (χ1n) is 19.4. The van der Waals surface area contributed by atoms with Crippen molar-refractivity contribution in [2.24, 2.45) is 0 Å². The van der Waals surface area contributed by atoms with Crippen LogP contribution in [0.25, 0.3) is 109 Å². The van der Waals surface area contributed by atoms with Crippen LogP contribution in [0.4, 0.5) is 0 Å². The van der Waals surface area contributed by atoms with Crippen molar-refractivity contribution in [3.63, 3.8) is 0 Å². The first kappa shape index (κ1) is 22.9. The lowest BCUT2D eigenvalue weighted by molar-refractivity contribution is 0.668. The summed E-state index contributed by atoms with van der Waals surface area (Å²) in [5.41, 5.74) is 3.26. The summed E-state index contributed by atoms with van der Waals surface area (Å²) in [5, 5.41) is 4.26.